The normalized spacial score (nSPS) is 19.1. The molecule has 1 heterocycles. The average Bonchev–Trinajstić information content (AvgIpc) is 3.49. The number of nitrogens with one attached hydrogen (secondary N) is 2. The highest BCUT2D eigenvalue weighted by atomic mass is 16.5. The zero-order valence-corrected chi connectivity index (χ0v) is 20.3. The second kappa shape index (κ2) is 12.1. The summed E-state index contributed by atoms with van der Waals surface area (Å²) in [5.41, 5.74) is 2.33. The van der Waals surface area contributed by atoms with Crippen LogP contribution in [0.3, 0.4) is 0 Å². The van der Waals surface area contributed by atoms with Gasteiger partial charge in [0.2, 0.25) is 5.91 Å². The van der Waals surface area contributed by atoms with Gasteiger partial charge in [-0.25, -0.2) is 4.99 Å². The Hall–Kier alpha value is -2.28. The van der Waals surface area contributed by atoms with Gasteiger partial charge in [0.15, 0.2) is 5.96 Å². The molecule has 1 aromatic carbocycles. The molecule has 1 aliphatic heterocycles. The van der Waals surface area contributed by atoms with Gasteiger partial charge < -0.3 is 20.3 Å². The molecule has 7 heteroatoms. The number of guanidine groups is 1. The number of carbonyl (C=O) groups excluding carboxylic acids is 1. The number of carbonyl (C=O) groups is 1. The van der Waals surface area contributed by atoms with Crippen molar-refractivity contribution in [2.75, 3.05) is 46.9 Å². The summed E-state index contributed by atoms with van der Waals surface area (Å²) in [7, 11) is 3.69. The Bertz CT molecular complexity index is 776. The van der Waals surface area contributed by atoms with Gasteiger partial charge in [-0.05, 0) is 70.0 Å². The van der Waals surface area contributed by atoms with Crippen LogP contribution in [0.1, 0.15) is 50.2 Å². The number of amides is 1. The molecule has 2 fully saturated rings. The maximum atomic E-state index is 12.4. The quantitative estimate of drug-likeness (QED) is 0.313. The van der Waals surface area contributed by atoms with Crippen LogP contribution < -0.4 is 15.4 Å². The van der Waals surface area contributed by atoms with Crippen molar-refractivity contribution in [1.82, 2.24) is 20.4 Å². The standard InChI is InChI=1S/C25H41N5O2/c1-5-26-25(27-13-7-15-30-14-6-8-22(30)24(31)29(3)4)28-17-21-12-9-19(2)16-23(21)32-18-20-10-11-20/h9,12,16,20,22H,5-8,10-11,13-15,17-18H2,1-4H3,(H2,26,27,28). The fraction of sp³-hybridized carbons (Fsp3) is 0.680. The van der Waals surface area contributed by atoms with Crippen LogP contribution in [0.15, 0.2) is 23.2 Å². The summed E-state index contributed by atoms with van der Waals surface area (Å²) in [4.78, 5) is 21.2. The summed E-state index contributed by atoms with van der Waals surface area (Å²) in [5, 5.41) is 6.79. The number of rotatable bonds is 11. The average molecular weight is 444 g/mol. The van der Waals surface area contributed by atoms with Crippen molar-refractivity contribution in [3.05, 3.63) is 29.3 Å². The largest absolute Gasteiger partial charge is 0.493 e. The fourth-order valence-electron chi connectivity index (χ4n) is 4.09. The summed E-state index contributed by atoms with van der Waals surface area (Å²) in [6.07, 6.45) is 5.62. The molecule has 0 aromatic heterocycles. The Morgan fingerprint density at radius 3 is 2.78 bits per heavy atom. The number of aliphatic imine (C=N–C) groups is 1. The topological polar surface area (TPSA) is 69.2 Å². The number of benzene rings is 1. The number of aryl methyl sites for hydroxylation is 1. The van der Waals surface area contributed by atoms with Gasteiger partial charge in [0, 0.05) is 39.3 Å². The lowest BCUT2D eigenvalue weighted by Crippen LogP contribution is -2.44. The van der Waals surface area contributed by atoms with Crippen molar-refractivity contribution < 1.29 is 9.53 Å². The molecule has 1 aromatic rings. The number of likely N-dealkylation sites (tertiary alicyclic amines) is 1. The van der Waals surface area contributed by atoms with Crippen molar-refractivity contribution in [1.29, 1.82) is 0 Å². The van der Waals surface area contributed by atoms with Crippen LogP contribution in [-0.4, -0.2) is 74.6 Å². The molecule has 1 aliphatic carbocycles. The van der Waals surface area contributed by atoms with E-state index < -0.39 is 0 Å². The summed E-state index contributed by atoms with van der Waals surface area (Å²) in [5.74, 6) is 2.74. The van der Waals surface area contributed by atoms with Crippen molar-refractivity contribution in [3.8, 4) is 5.75 Å². The number of hydrogen-bond donors (Lipinski definition) is 2. The number of hydrogen-bond acceptors (Lipinski definition) is 4. The fourth-order valence-corrected chi connectivity index (χ4v) is 4.09. The van der Waals surface area contributed by atoms with E-state index in [-0.39, 0.29) is 11.9 Å². The molecule has 1 unspecified atom stereocenters. The predicted octanol–water partition coefficient (Wildman–Crippen LogP) is 2.78. The third-order valence-electron chi connectivity index (χ3n) is 6.15. The second-order valence-corrected chi connectivity index (χ2v) is 9.27. The highest BCUT2D eigenvalue weighted by Gasteiger charge is 2.31. The zero-order chi connectivity index (χ0) is 22.9. The van der Waals surface area contributed by atoms with Gasteiger partial charge in [-0.2, -0.15) is 0 Å². The zero-order valence-electron chi connectivity index (χ0n) is 20.3. The van der Waals surface area contributed by atoms with E-state index in [1.807, 2.05) is 14.1 Å². The molecule has 0 spiro atoms. The van der Waals surface area contributed by atoms with Crippen LogP contribution in [0.25, 0.3) is 0 Å². The molecule has 32 heavy (non-hydrogen) atoms. The Labute approximate surface area is 193 Å². The van der Waals surface area contributed by atoms with Crippen LogP contribution in [0.5, 0.6) is 5.75 Å². The predicted molar refractivity (Wildman–Crippen MR) is 130 cm³/mol. The molecule has 2 aliphatic rings. The monoisotopic (exact) mass is 443 g/mol. The lowest BCUT2D eigenvalue weighted by molar-refractivity contribution is -0.133. The number of ether oxygens (including phenoxy) is 1. The highest BCUT2D eigenvalue weighted by molar-refractivity contribution is 5.81. The smallest absolute Gasteiger partial charge is 0.239 e. The molecule has 1 saturated carbocycles. The van der Waals surface area contributed by atoms with E-state index >= 15 is 0 Å². The molecule has 0 radical (unpaired) electrons. The van der Waals surface area contributed by atoms with Crippen LogP contribution in [0.2, 0.25) is 0 Å². The molecule has 1 saturated heterocycles. The maximum Gasteiger partial charge on any atom is 0.239 e. The van der Waals surface area contributed by atoms with Gasteiger partial charge in [-0.1, -0.05) is 12.1 Å². The first-order chi connectivity index (χ1) is 15.5. The van der Waals surface area contributed by atoms with E-state index in [0.29, 0.717) is 6.54 Å². The summed E-state index contributed by atoms with van der Waals surface area (Å²) in [6, 6.07) is 6.41. The number of nitrogens with zero attached hydrogens (tertiary/aromatic N) is 3. The molecule has 0 bridgehead atoms. The van der Waals surface area contributed by atoms with E-state index in [4.69, 9.17) is 9.73 Å². The summed E-state index contributed by atoms with van der Waals surface area (Å²) in [6.45, 7) is 9.14. The lowest BCUT2D eigenvalue weighted by atomic mass is 10.1. The molecular formula is C25H41N5O2. The van der Waals surface area contributed by atoms with E-state index in [9.17, 15) is 4.79 Å². The molecule has 1 amide bonds. The highest BCUT2D eigenvalue weighted by Crippen LogP contribution is 2.31. The third kappa shape index (κ3) is 7.40. The first-order valence-electron chi connectivity index (χ1n) is 12.2. The van der Waals surface area contributed by atoms with Crippen LogP contribution in [0, 0.1) is 12.8 Å². The minimum absolute atomic E-state index is 0.0440. The van der Waals surface area contributed by atoms with E-state index in [1.165, 1.54) is 18.4 Å². The van der Waals surface area contributed by atoms with E-state index in [2.05, 4.69) is 47.6 Å². The first-order valence-corrected chi connectivity index (χ1v) is 12.2. The Morgan fingerprint density at radius 2 is 2.06 bits per heavy atom. The van der Waals surface area contributed by atoms with Gasteiger partial charge in [0.1, 0.15) is 5.75 Å². The molecule has 7 nitrogen and oxygen atoms in total. The number of likely N-dealkylation sites (N-methyl/N-ethyl adjacent to an activating group) is 1. The van der Waals surface area contributed by atoms with Crippen LogP contribution in [-0.2, 0) is 11.3 Å². The maximum absolute atomic E-state index is 12.4. The molecule has 1 atom stereocenters. The van der Waals surface area contributed by atoms with Crippen molar-refractivity contribution in [2.45, 2.75) is 58.5 Å². The Kier molecular flexibility index (Phi) is 9.21. The van der Waals surface area contributed by atoms with Gasteiger partial charge in [-0.15, -0.1) is 0 Å². The van der Waals surface area contributed by atoms with Crippen molar-refractivity contribution >= 4 is 11.9 Å². The SMILES string of the molecule is CCNC(=NCc1ccc(C)cc1OCC1CC1)NCCCN1CCCC1C(=O)N(C)C. The molecule has 2 N–H and O–H groups in total. The van der Waals surface area contributed by atoms with Crippen molar-refractivity contribution in [2.24, 2.45) is 10.9 Å². The molecule has 178 valence electrons. The van der Waals surface area contributed by atoms with Gasteiger partial charge in [0.05, 0.1) is 19.2 Å². The first kappa shape index (κ1) is 24.4. The van der Waals surface area contributed by atoms with E-state index in [1.54, 1.807) is 4.90 Å². The lowest BCUT2D eigenvalue weighted by Gasteiger charge is -2.26. The van der Waals surface area contributed by atoms with Crippen LogP contribution >= 0.6 is 0 Å². The minimum Gasteiger partial charge on any atom is -0.493 e. The van der Waals surface area contributed by atoms with E-state index in [0.717, 1.165) is 75.2 Å². The third-order valence-corrected chi connectivity index (χ3v) is 6.15. The Balaban J connectivity index is 1.49. The molecule has 3 rings (SSSR count). The van der Waals surface area contributed by atoms with Gasteiger partial charge in [0.25, 0.3) is 0 Å². The summed E-state index contributed by atoms with van der Waals surface area (Å²) >= 11 is 0. The van der Waals surface area contributed by atoms with Crippen molar-refractivity contribution in [3.63, 3.8) is 0 Å². The molecular weight excluding hydrogens is 402 g/mol. The van der Waals surface area contributed by atoms with Gasteiger partial charge >= 0.3 is 0 Å². The van der Waals surface area contributed by atoms with Crippen LogP contribution in [0.4, 0.5) is 0 Å². The minimum atomic E-state index is 0.0440. The van der Waals surface area contributed by atoms with Gasteiger partial charge in [-0.3, -0.25) is 9.69 Å². The summed E-state index contributed by atoms with van der Waals surface area (Å²) < 4.78 is 6.09. The second-order valence-electron chi connectivity index (χ2n) is 9.27. The Morgan fingerprint density at radius 1 is 1.25 bits per heavy atom.